The lowest BCUT2D eigenvalue weighted by Gasteiger charge is -2.13. The molecule has 4 rings (SSSR count). The van der Waals surface area contributed by atoms with E-state index in [0.717, 1.165) is 29.9 Å². The maximum atomic E-state index is 5.30. The molecule has 0 saturated heterocycles. The lowest BCUT2D eigenvalue weighted by molar-refractivity contribution is 0.572. The average molecular weight is 276 g/mol. The van der Waals surface area contributed by atoms with Crippen molar-refractivity contribution in [2.45, 2.75) is 18.9 Å². The largest absolute Gasteiger partial charge is 0.444 e. The predicted molar refractivity (Wildman–Crippen MR) is 83.2 cm³/mol. The van der Waals surface area contributed by atoms with Crippen LogP contribution >= 0.6 is 0 Å². The Morgan fingerprint density at radius 2 is 1.67 bits per heavy atom. The molecule has 0 saturated carbocycles. The van der Waals surface area contributed by atoms with Crippen LogP contribution in [0.2, 0.25) is 0 Å². The first-order chi connectivity index (χ1) is 10.4. The zero-order chi connectivity index (χ0) is 14.1. The average Bonchev–Trinajstić information content (AvgIpc) is 3.17. The Morgan fingerprint density at radius 1 is 0.952 bits per heavy atom. The molecule has 1 aliphatic carbocycles. The van der Waals surface area contributed by atoms with Crippen LogP contribution in [0.15, 0.2) is 65.5 Å². The first kappa shape index (κ1) is 12.2. The van der Waals surface area contributed by atoms with Gasteiger partial charge in [0.1, 0.15) is 0 Å². The van der Waals surface area contributed by atoms with E-state index >= 15 is 0 Å². The topological polar surface area (TPSA) is 38.1 Å². The zero-order valence-corrected chi connectivity index (χ0v) is 11.6. The van der Waals surface area contributed by atoms with Gasteiger partial charge >= 0.3 is 0 Å². The summed E-state index contributed by atoms with van der Waals surface area (Å²) in [5.74, 6) is 0.801. The van der Waals surface area contributed by atoms with Crippen molar-refractivity contribution in [3.8, 4) is 11.3 Å². The van der Waals surface area contributed by atoms with Gasteiger partial charge in [-0.15, -0.1) is 0 Å². The summed E-state index contributed by atoms with van der Waals surface area (Å²) in [6.07, 6.45) is 5.38. The van der Waals surface area contributed by atoms with Crippen LogP contribution in [0.4, 0.5) is 5.69 Å². The fraction of sp³-hybridized carbons (Fsp3) is 0.167. The molecule has 3 heteroatoms. The summed E-state index contributed by atoms with van der Waals surface area (Å²) < 4.78 is 5.30. The second-order valence-corrected chi connectivity index (χ2v) is 5.46. The summed E-state index contributed by atoms with van der Waals surface area (Å²) in [6, 6.07) is 17.5. The highest BCUT2D eigenvalue weighted by Crippen LogP contribution is 2.26. The summed E-state index contributed by atoms with van der Waals surface area (Å²) in [7, 11) is 0. The Kier molecular flexibility index (Phi) is 2.96. The molecule has 0 fully saturated rings. The summed E-state index contributed by atoms with van der Waals surface area (Å²) in [5, 5.41) is 3.61. The van der Waals surface area contributed by atoms with Gasteiger partial charge in [0.2, 0.25) is 0 Å². The highest BCUT2D eigenvalue weighted by atomic mass is 16.3. The molecule has 1 heterocycles. The van der Waals surface area contributed by atoms with Crippen LogP contribution in [0.3, 0.4) is 0 Å². The fourth-order valence-corrected chi connectivity index (χ4v) is 2.99. The fourth-order valence-electron chi connectivity index (χ4n) is 2.99. The van der Waals surface area contributed by atoms with Gasteiger partial charge in [-0.2, -0.15) is 0 Å². The van der Waals surface area contributed by atoms with E-state index in [1.807, 2.05) is 0 Å². The maximum Gasteiger partial charge on any atom is 0.181 e. The molecule has 104 valence electrons. The standard InChI is InChI=1S/C18H16N2O/c1-2-4-15-10-17(9-14(15)3-1)20-16-7-5-13(6-8-16)18-11-19-12-21-18/h1-8,11-12,17,20H,9-10H2. The van der Waals surface area contributed by atoms with Crippen molar-refractivity contribution in [2.75, 3.05) is 5.32 Å². The van der Waals surface area contributed by atoms with Crippen LogP contribution < -0.4 is 5.32 Å². The first-order valence-electron chi connectivity index (χ1n) is 7.21. The Balaban J connectivity index is 1.47. The number of nitrogens with one attached hydrogen (secondary N) is 1. The molecule has 3 aromatic rings. The van der Waals surface area contributed by atoms with Gasteiger partial charge in [0, 0.05) is 17.3 Å². The molecule has 0 spiro atoms. The van der Waals surface area contributed by atoms with Crippen LogP contribution in [0.25, 0.3) is 11.3 Å². The number of anilines is 1. The van der Waals surface area contributed by atoms with Gasteiger partial charge < -0.3 is 9.73 Å². The molecule has 0 atom stereocenters. The minimum absolute atomic E-state index is 0.485. The van der Waals surface area contributed by atoms with Crippen LogP contribution in [0, 0.1) is 0 Å². The SMILES string of the molecule is c1ccc2c(c1)CC(Nc1ccc(-c3cnco3)cc1)C2. The number of hydrogen-bond donors (Lipinski definition) is 1. The predicted octanol–water partition coefficient (Wildman–Crippen LogP) is 3.92. The molecule has 3 nitrogen and oxygen atoms in total. The van der Waals surface area contributed by atoms with Gasteiger partial charge in [0.15, 0.2) is 12.2 Å². The summed E-state index contributed by atoms with van der Waals surface area (Å²) in [6.45, 7) is 0. The first-order valence-corrected chi connectivity index (χ1v) is 7.21. The van der Waals surface area contributed by atoms with Crippen molar-refractivity contribution < 1.29 is 4.42 Å². The Labute approximate surface area is 123 Å². The second kappa shape index (κ2) is 5.09. The minimum Gasteiger partial charge on any atom is -0.444 e. The highest BCUT2D eigenvalue weighted by molar-refractivity contribution is 5.61. The third kappa shape index (κ3) is 2.42. The van der Waals surface area contributed by atoms with E-state index in [9.17, 15) is 0 Å². The number of aromatic nitrogens is 1. The molecule has 21 heavy (non-hydrogen) atoms. The number of hydrogen-bond acceptors (Lipinski definition) is 3. The number of benzene rings is 2. The van der Waals surface area contributed by atoms with Crippen molar-refractivity contribution in [3.05, 3.63) is 72.2 Å². The van der Waals surface area contributed by atoms with Crippen LogP contribution in [-0.4, -0.2) is 11.0 Å². The van der Waals surface area contributed by atoms with Gasteiger partial charge in [-0.25, -0.2) is 4.98 Å². The number of oxazole rings is 1. The Bertz CT molecular complexity index is 707. The minimum atomic E-state index is 0.485. The van der Waals surface area contributed by atoms with Gasteiger partial charge in [-0.1, -0.05) is 24.3 Å². The van der Waals surface area contributed by atoms with E-state index in [2.05, 4.69) is 58.8 Å². The van der Waals surface area contributed by atoms with Gasteiger partial charge in [0.25, 0.3) is 0 Å². The molecule has 0 radical (unpaired) electrons. The van der Waals surface area contributed by atoms with Crippen LogP contribution in [0.5, 0.6) is 0 Å². The smallest absolute Gasteiger partial charge is 0.181 e. The molecule has 0 amide bonds. The molecule has 2 aromatic carbocycles. The van der Waals surface area contributed by atoms with E-state index in [1.54, 1.807) is 6.20 Å². The molecule has 0 aliphatic heterocycles. The summed E-state index contributed by atoms with van der Waals surface area (Å²) >= 11 is 0. The van der Waals surface area contributed by atoms with E-state index in [4.69, 9.17) is 4.42 Å². The number of nitrogens with zero attached hydrogens (tertiary/aromatic N) is 1. The molecule has 0 bridgehead atoms. The summed E-state index contributed by atoms with van der Waals surface area (Å²) in [4.78, 5) is 3.94. The molecule has 1 aromatic heterocycles. The van der Waals surface area contributed by atoms with Crippen LogP contribution in [-0.2, 0) is 12.8 Å². The summed E-state index contributed by atoms with van der Waals surface area (Å²) in [5.41, 5.74) is 5.13. The molecular formula is C18H16N2O. The van der Waals surface area contributed by atoms with Gasteiger partial charge in [-0.3, -0.25) is 0 Å². The van der Waals surface area contributed by atoms with E-state index in [0.29, 0.717) is 6.04 Å². The van der Waals surface area contributed by atoms with E-state index < -0.39 is 0 Å². The molecular weight excluding hydrogens is 260 g/mol. The third-order valence-corrected chi connectivity index (χ3v) is 4.02. The maximum absolute atomic E-state index is 5.30. The number of rotatable bonds is 3. The lowest BCUT2D eigenvalue weighted by atomic mass is 10.1. The van der Waals surface area contributed by atoms with Crippen molar-refractivity contribution >= 4 is 5.69 Å². The van der Waals surface area contributed by atoms with Crippen molar-refractivity contribution in [1.82, 2.24) is 4.98 Å². The van der Waals surface area contributed by atoms with Gasteiger partial charge in [-0.05, 0) is 48.2 Å². The van der Waals surface area contributed by atoms with E-state index in [1.165, 1.54) is 17.5 Å². The number of fused-ring (bicyclic) bond motifs is 1. The molecule has 1 aliphatic rings. The monoisotopic (exact) mass is 276 g/mol. The van der Waals surface area contributed by atoms with Crippen molar-refractivity contribution in [1.29, 1.82) is 0 Å². The molecule has 0 unspecified atom stereocenters. The van der Waals surface area contributed by atoms with Crippen molar-refractivity contribution in [2.24, 2.45) is 0 Å². The van der Waals surface area contributed by atoms with Crippen molar-refractivity contribution in [3.63, 3.8) is 0 Å². The van der Waals surface area contributed by atoms with E-state index in [-0.39, 0.29) is 0 Å². The second-order valence-electron chi connectivity index (χ2n) is 5.46. The van der Waals surface area contributed by atoms with Crippen LogP contribution in [0.1, 0.15) is 11.1 Å². The Hall–Kier alpha value is -2.55. The Morgan fingerprint density at radius 3 is 2.29 bits per heavy atom. The quantitative estimate of drug-likeness (QED) is 0.788. The zero-order valence-electron chi connectivity index (χ0n) is 11.6. The lowest BCUT2D eigenvalue weighted by Crippen LogP contribution is -2.19. The highest BCUT2D eigenvalue weighted by Gasteiger charge is 2.20. The third-order valence-electron chi connectivity index (χ3n) is 4.02. The normalized spacial score (nSPS) is 14.1. The van der Waals surface area contributed by atoms with Gasteiger partial charge in [0.05, 0.1) is 6.20 Å². The molecule has 1 N–H and O–H groups in total.